The molecule has 2 N–H and O–H groups in total. The molecule has 1 aliphatic rings. The summed E-state index contributed by atoms with van der Waals surface area (Å²) in [5.74, 6) is -0.127. The Labute approximate surface area is 80.1 Å². The molecule has 0 saturated carbocycles. The number of aromatic nitrogens is 2. The number of hydrogen-bond acceptors (Lipinski definition) is 3. The van der Waals surface area contributed by atoms with E-state index in [1.54, 1.807) is 24.1 Å². The minimum Gasteiger partial charge on any atom is -0.347 e. The van der Waals surface area contributed by atoms with Gasteiger partial charge in [0.15, 0.2) is 5.11 Å². The van der Waals surface area contributed by atoms with E-state index in [0.717, 1.165) is 5.56 Å². The van der Waals surface area contributed by atoms with Gasteiger partial charge < -0.3 is 10.6 Å². The summed E-state index contributed by atoms with van der Waals surface area (Å²) in [6.45, 7) is 0. The Kier molecular flexibility index (Phi) is 1.77. The molecule has 2 rings (SSSR count). The number of carbonyl (C=O) groups excluding carboxylic acids is 1. The molecule has 0 spiro atoms. The van der Waals surface area contributed by atoms with E-state index < -0.39 is 0 Å². The van der Waals surface area contributed by atoms with Crippen LogP contribution in [0.15, 0.2) is 12.4 Å². The molecule has 1 amide bonds. The first-order valence-corrected chi connectivity index (χ1v) is 4.17. The molecule has 1 unspecified atom stereocenters. The summed E-state index contributed by atoms with van der Waals surface area (Å²) in [6, 6.07) is -0.388. The van der Waals surface area contributed by atoms with Gasteiger partial charge in [0.2, 0.25) is 0 Å². The maximum Gasteiger partial charge on any atom is 0.253 e. The lowest BCUT2D eigenvalue weighted by Gasteiger charge is -2.02. The van der Waals surface area contributed by atoms with Crippen LogP contribution in [-0.2, 0) is 11.8 Å². The van der Waals surface area contributed by atoms with Crippen LogP contribution in [0, 0.1) is 0 Å². The fraction of sp³-hybridized carbons (Fsp3) is 0.286. The lowest BCUT2D eigenvalue weighted by molar-refractivity contribution is -0.120. The number of amides is 1. The van der Waals surface area contributed by atoms with Gasteiger partial charge in [-0.1, -0.05) is 0 Å². The van der Waals surface area contributed by atoms with Crippen molar-refractivity contribution in [2.75, 3.05) is 0 Å². The Hall–Kier alpha value is -1.43. The van der Waals surface area contributed by atoms with Crippen LogP contribution in [0.2, 0.25) is 0 Å². The summed E-state index contributed by atoms with van der Waals surface area (Å²) < 4.78 is 1.64. The lowest BCUT2D eigenvalue weighted by Crippen LogP contribution is -2.21. The molecule has 1 aromatic heterocycles. The van der Waals surface area contributed by atoms with E-state index in [4.69, 9.17) is 12.2 Å². The minimum atomic E-state index is -0.388. The van der Waals surface area contributed by atoms with Crippen molar-refractivity contribution < 1.29 is 4.79 Å². The highest BCUT2D eigenvalue weighted by molar-refractivity contribution is 7.80. The van der Waals surface area contributed by atoms with Gasteiger partial charge in [0.25, 0.3) is 5.91 Å². The van der Waals surface area contributed by atoms with Gasteiger partial charge in [0, 0.05) is 18.8 Å². The second kappa shape index (κ2) is 2.81. The molecule has 0 aromatic carbocycles. The van der Waals surface area contributed by atoms with Crippen molar-refractivity contribution in [1.82, 2.24) is 20.4 Å². The molecule has 68 valence electrons. The number of carbonyl (C=O) groups is 1. The smallest absolute Gasteiger partial charge is 0.253 e. The van der Waals surface area contributed by atoms with Crippen LogP contribution in [0.3, 0.4) is 0 Å². The van der Waals surface area contributed by atoms with Crippen LogP contribution in [0.4, 0.5) is 0 Å². The molecule has 1 aliphatic heterocycles. The summed E-state index contributed by atoms with van der Waals surface area (Å²) in [6.07, 6.45) is 3.43. The molecule has 1 fully saturated rings. The molecule has 1 atom stereocenters. The Morgan fingerprint density at radius 1 is 1.69 bits per heavy atom. The fourth-order valence-electron chi connectivity index (χ4n) is 1.24. The SMILES string of the molecule is Cn1cc(C2NC(=S)NC2=O)cn1. The minimum absolute atomic E-state index is 0.127. The van der Waals surface area contributed by atoms with E-state index >= 15 is 0 Å². The third-order valence-corrected chi connectivity index (χ3v) is 2.05. The van der Waals surface area contributed by atoms with Gasteiger partial charge in [0.1, 0.15) is 6.04 Å². The molecule has 0 aliphatic carbocycles. The number of rotatable bonds is 1. The van der Waals surface area contributed by atoms with E-state index in [1.165, 1.54) is 0 Å². The molecule has 2 heterocycles. The van der Waals surface area contributed by atoms with Crippen LogP contribution in [0.5, 0.6) is 0 Å². The van der Waals surface area contributed by atoms with Crippen molar-refractivity contribution in [3.63, 3.8) is 0 Å². The van der Waals surface area contributed by atoms with Crippen molar-refractivity contribution in [1.29, 1.82) is 0 Å². The molecule has 0 radical (unpaired) electrons. The van der Waals surface area contributed by atoms with Gasteiger partial charge in [-0.2, -0.15) is 5.10 Å². The van der Waals surface area contributed by atoms with Crippen LogP contribution < -0.4 is 10.6 Å². The Bertz CT molecular complexity index is 372. The number of nitrogens with zero attached hydrogens (tertiary/aromatic N) is 2. The first-order chi connectivity index (χ1) is 6.16. The summed E-state index contributed by atoms with van der Waals surface area (Å²) in [5, 5.41) is 9.72. The van der Waals surface area contributed by atoms with E-state index in [2.05, 4.69) is 15.7 Å². The largest absolute Gasteiger partial charge is 0.347 e. The second-order valence-electron chi connectivity index (χ2n) is 2.84. The van der Waals surface area contributed by atoms with Crippen molar-refractivity contribution in [3.05, 3.63) is 18.0 Å². The van der Waals surface area contributed by atoms with Crippen LogP contribution >= 0.6 is 12.2 Å². The van der Waals surface area contributed by atoms with Gasteiger partial charge in [-0.15, -0.1) is 0 Å². The average Bonchev–Trinajstić information content (AvgIpc) is 2.58. The highest BCUT2D eigenvalue weighted by Crippen LogP contribution is 2.14. The number of aryl methyl sites for hydroxylation is 1. The average molecular weight is 196 g/mol. The summed E-state index contributed by atoms with van der Waals surface area (Å²) in [5.41, 5.74) is 0.819. The first-order valence-electron chi connectivity index (χ1n) is 3.77. The van der Waals surface area contributed by atoms with Crippen molar-refractivity contribution in [2.24, 2.45) is 7.05 Å². The predicted molar refractivity (Wildman–Crippen MR) is 49.8 cm³/mol. The zero-order valence-corrected chi connectivity index (χ0v) is 7.76. The van der Waals surface area contributed by atoms with Crippen molar-refractivity contribution in [2.45, 2.75) is 6.04 Å². The van der Waals surface area contributed by atoms with Gasteiger partial charge >= 0.3 is 0 Å². The molecule has 5 nitrogen and oxygen atoms in total. The Morgan fingerprint density at radius 2 is 2.46 bits per heavy atom. The quantitative estimate of drug-likeness (QED) is 0.593. The van der Waals surface area contributed by atoms with Gasteiger partial charge in [0.05, 0.1) is 6.20 Å². The lowest BCUT2D eigenvalue weighted by atomic mass is 10.2. The van der Waals surface area contributed by atoms with Crippen LogP contribution in [0.1, 0.15) is 11.6 Å². The van der Waals surface area contributed by atoms with E-state index in [-0.39, 0.29) is 11.9 Å². The number of thiocarbonyl (C=S) groups is 1. The van der Waals surface area contributed by atoms with Crippen LogP contribution in [0.25, 0.3) is 0 Å². The normalized spacial score (nSPS) is 21.5. The maximum absolute atomic E-state index is 11.3. The maximum atomic E-state index is 11.3. The Balaban J connectivity index is 2.27. The van der Waals surface area contributed by atoms with Crippen LogP contribution in [-0.4, -0.2) is 20.8 Å². The summed E-state index contributed by atoms with van der Waals surface area (Å²) >= 11 is 4.81. The topological polar surface area (TPSA) is 59.0 Å². The molecule has 6 heteroatoms. The predicted octanol–water partition coefficient (Wildman–Crippen LogP) is -0.535. The fourth-order valence-corrected chi connectivity index (χ4v) is 1.46. The molecule has 1 aromatic rings. The van der Waals surface area contributed by atoms with E-state index in [9.17, 15) is 4.79 Å². The summed E-state index contributed by atoms with van der Waals surface area (Å²) in [7, 11) is 1.80. The standard InChI is InChI=1S/C7H8N4OS/c1-11-3-4(2-8-11)5-6(12)10-7(13)9-5/h2-3,5H,1H3,(H2,9,10,12,13). The zero-order valence-electron chi connectivity index (χ0n) is 6.94. The molecular weight excluding hydrogens is 188 g/mol. The van der Waals surface area contributed by atoms with Gasteiger partial charge in [-0.25, -0.2) is 0 Å². The van der Waals surface area contributed by atoms with Gasteiger partial charge in [-0.05, 0) is 12.2 Å². The zero-order chi connectivity index (χ0) is 9.42. The van der Waals surface area contributed by atoms with Crippen molar-refractivity contribution in [3.8, 4) is 0 Å². The molecule has 13 heavy (non-hydrogen) atoms. The highest BCUT2D eigenvalue weighted by Gasteiger charge is 2.29. The molecule has 1 saturated heterocycles. The second-order valence-corrected chi connectivity index (χ2v) is 3.25. The monoisotopic (exact) mass is 196 g/mol. The molecule has 0 bridgehead atoms. The van der Waals surface area contributed by atoms with E-state index in [0.29, 0.717) is 5.11 Å². The van der Waals surface area contributed by atoms with Crippen molar-refractivity contribution >= 4 is 23.2 Å². The number of nitrogens with one attached hydrogen (secondary N) is 2. The highest BCUT2D eigenvalue weighted by atomic mass is 32.1. The third kappa shape index (κ3) is 1.40. The summed E-state index contributed by atoms with van der Waals surface area (Å²) in [4.78, 5) is 11.3. The number of hydrogen-bond donors (Lipinski definition) is 2. The first kappa shape index (κ1) is 8.18. The van der Waals surface area contributed by atoms with Gasteiger partial charge in [-0.3, -0.25) is 9.48 Å². The molecular formula is C7H8N4OS. The van der Waals surface area contributed by atoms with E-state index in [1.807, 2.05) is 0 Å². The Morgan fingerprint density at radius 3 is 2.92 bits per heavy atom. The third-order valence-electron chi connectivity index (χ3n) is 1.83.